The molecule has 1 N–H and O–H groups in total. The number of unbranched alkanes of at least 4 members (excludes halogenated alkanes) is 1. The van der Waals surface area contributed by atoms with Crippen molar-refractivity contribution < 1.29 is 19.1 Å². The lowest BCUT2D eigenvalue weighted by atomic mass is 10.1. The topological polar surface area (TPSA) is 75.7 Å². The number of halogens is 1. The molecule has 30 heavy (non-hydrogen) atoms. The minimum atomic E-state index is -0.575. The zero-order valence-electron chi connectivity index (χ0n) is 17.1. The predicted molar refractivity (Wildman–Crippen MR) is 117 cm³/mol. The van der Waals surface area contributed by atoms with Gasteiger partial charge in [0.2, 0.25) is 0 Å². The summed E-state index contributed by atoms with van der Waals surface area (Å²) >= 11 is 6.19. The van der Waals surface area contributed by atoms with Gasteiger partial charge in [-0.15, -0.1) is 0 Å². The summed E-state index contributed by atoms with van der Waals surface area (Å²) in [6.07, 6.45) is 1.75. The molecule has 6 nitrogen and oxygen atoms in total. The highest BCUT2D eigenvalue weighted by atomic mass is 35.5. The maximum atomic E-state index is 12.9. The summed E-state index contributed by atoms with van der Waals surface area (Å²) in [4.78, 5) is 38.7. The zero-order valence-corrected chi connectivity index (χ0v) is 17.9. The van der Waals surface area contributed by atoms with E-state index in [-0.39, 0.29) is 10.7 Å². The SMILES string of the molecule is CCCCOC(=O)c1ccc(NC2=C(Cl)C(=O)N(c3cccc(C)c3C)C2=O)cc1. The fourth-order valence-electron chi connectivity index (χ4n) is 3.03. The van der Waals surface area contributed by atoms with Gasteiger partial charge < -0.3 is 10.1 Å². The highest BCUT2D eigenvalue weighted by molar-refractivity contribution is 6.53. The van der Waals surface area contributed by atoms with E-state index < -0.39 is 17.8 Å². The smallest absolute Gasteiger partial charge is 0.338 e. The van der Waals surface area contributed by atoms with Crippen molar-refractivity contribution in [2.75, 3.05) is 16.8 Å². The number of amides is 2. The van der Waals surface area contributed by atoms with Crippen LogP contribution in [-0.2, 0) is 14.3 Å². The lowest BCUT2D eigenvalue weighted by molar-refractivity contribution is -0.120. The van der Waals surface area contributed by atoms with Gasteiger partial charge in [-0.2, -0.15) is 0 Å². The van der Waals surface area contributed by atoms with Crippen molar-refractivity contribution in [3.63, 3.8) is 0 Å². The van der Waals surface area contributed by atoms with E-state index in [0.29, 0.717) is 23.5 Å². The van der Waals surface area contributed by atoms with E-state index in [1.165, 1.54) is 0 Å². The number of nitrogens with one attached hydrogen (secondary N) is 1. The molecular formula is C23H23ClN2O4. The van der Waals surface area contributed by atoms with Crippen LogP contribution >= 0.6 is 11.6 Å². The minimum Gasteiger partial charge on any atom is -0.462 e. The van der Waals surface area contributed by atoms with Crippen molar-refractivity contribution in [1.82, 2.24) is 0 Å². The van der Waals surface area contributed by atoms with Gasteiger partial charge >= 0.3 is 5.97 Å². The fraction of sp³-hybridized carbons (Fsp3) is 0.261. The normalized spacial score (nSPS) is 13.8. The third kappa shape index (κ3) is 4.24. The van der Waals surface area contributed by atoms with Crippen LogP contribution in [0.3, 0.4) is 0 Å². The lowest BCUT2D eigenvalue weighted by Gasteiger charge is -2.18. The van der Waals surface area contributed by atoms with Crippen molar-refractivity contribution in [2.45, 2.75) is 33.6 Å². The van der Waals surface area contributed by atoms with E-state index in [2.05, 4.69) is 5.32 Å². The van der Waals surface area contributed by atoms with E-state index in [9.17, 15) is 14.4 Å². The zero-order chi connectivity index (χ0) is 21.8. The first-order chi connectivity index (χ1) is 14.3. The van der Waals surface area contributed by atoms with Gasteiger partial charge in [0.25, 0.3) is 11.8 Å². The number of ether oxygens (including phenoxy) is 1. The highest BCUT2D eigenvalue weighted by Gasteiger charge is 2.39. The number of esters is 1. The van der Waals surface area contributed by atoms with Crippen LogP contribution in [0.1, 0.15) is 41.3 Å². The number of hydrogen-bond donors (Lipinski definition) is 1. The number of carbonyl (C=O) groups is 3. The first-order valence-electron chi connectivity index (χ1n) is 9.74. The Balaban J connectivity index is 1.77. The second kappa shape index (κ2) is 9.13. The largest absolute Gasteiger partial charge is 0.462 e. The molecule has 156 valence electrons. The molecule has 2 aromatic carbocycles. The first-order valence-corrected chi connectivity index (χ1v) is 10.1. The fourth-order valence-corrected chi connectivity index (χ4v) is 3.25. The standard InChI is InChI=1S/C23H23ClN2O4/c1-4-5-13-30-23(29)16-9-11-17(12-10-16)25-20-19(24)21(27)26(22(20)28)18-8-6-7-14(2)15(18)3/h6-12,25H,4-5,13H2,1-3H3. The van der Waals surface area contributed by atoms with Crippen LogP contribution in [0.2, 0.25) is 0 Å². The molecule has 1 aliphatic heterocycles. The van der Waals surface area contributed by atoms with Crippen molar-refractivity contribution >= 4 is 40.8 Å². The van der Waals surface area contributed by atoms with Crippen LogP contribution < -0.4 is 10.2 Å². The summed E-state index contributed by atoms with van der Waals surface area (Å²) in [5.41, 5.74) is 3.23. The molecule has 2 aromatic rings. The Morgan fingerprint density at radius 2 is 1.77 bits per heavy atom. The first kappa shape index (κ1) is 21.6. The van der Waals surface area contributed by atoms with E-state index >= 15 is 0 Å². The number of hydrogen-bond acceptors (Lipinski definition) is 5. The van der Waals surface area contributed by atoms with Gasteiger partial charge in [0.1, 0.15) is 10.7 Å². The van der Waals surface area contributed by atoms with Gasteiger partial charge in [-0.05, 0) is 61.7 Å². The molecule has 7 heteroatoms. The number of imide groups is 1. The molecule has 0 unspecified atom stereocenters. The van der Waals surface area contributed by atoms with E-state index in [1.54, 1.807) is 36.4 Å². The monoisotopic (exact) mass is 426 g/mol. The molecule has 0 radical (unpaired) electrons. The number of anilines is 2. The summed E-state index contributed by atoms with van der Waals surface area (Å²) in [5, 5.41) is 2.73. The van der Waals surface area contributed by atoms with Crippen LogP contribution in [0.5, 0.6) is 0 Å². The summed E-state index contributed by atoms with van der Waals surface area (Å²) in [5.74, 6) is -1.50. The molecule has 0 fully saturated rings. The molecule has 0 bridgehead atoms. The van der Waals surface area contributed by atoms with E-state index in [0.717, 1.165) is 28.9 Å². The third-order valence-corrected chi connectivity index (χ3v) is 5.32. The number of carbonyl (C=O) groups excluding carboxylic acids is 3. The molecule has 0 aromatic heterocycles. The van der Waals surface area contributed by atoms with Gasteiger partial charge in [0, 0.05) is 5.69 Å². The Hall–Kier alpha value is -3.12. The van der Waals surface area contributed by atoms with Crippen molar-refractivity contribution in [1.29, 1.82) is 0 Å². The average Bonchev–Trinajstić information content (AvgIpc) is 2.94. The number of nitrogens with zero attached hydrogens (tertiary/aromatic N) is 1. The van der Waals surface area contributed by atoms with Crippen LogP contribution in [0.4, 0.5) is 11.4 Å². The summed E-state index contributed by atoms with van der Waals surface area (Å²) in [6, 6.07) is 11.9. The maximum Gasteiger partial charge on any atom is 0.338 e. The predicted octanol–water partition coefficient (Wildman–Crippen LogP) is 4.70. The second-order valence-electron chi connectivity index (χ2n) is 7.05. The molecule has 0 spiro atoms. The molecule has 0 saturated heterocycles. The molecule has 0 atom stereocenters. The minimum absolute atomic E-state index is 0.000783. The Morgan fingerprint density at radius 1 is 1.07 bits per heavy atom. The molecule has 1 aliphatic rings. The molecule has 2 amide bonds. The van der Waals surface area contributed by atoms with Gasteiger partial charge in [-0.1, -0.05) is 37.1 Å². The summed E-state index contributed by atoms with van der Waals surface area (Å²) in [7, 11) is 0. The van der Waals surface area contributed by atoms with E-state index in [4.69, 9.17) is 16.3 Å². The second-order valence-corrected chi connectivity index (χ2v) is 7.42. The highest BCUT2D eigenvalue weighted by Crippen LogP contribution is 2.32. The quantitative estimate of drug-likeness (QED) is 0.394. The average molecular weight is 427 g/mol. The van der Waals surface area contributed by atoms with Crippen LogP contribution in [0, 0.1) is 13.8 Å². The maximum absolute atomic E-state index is 12.9. The van der Waals surface area contributed by atoms with Crippen molar-refractivity contribution in [3.8, 4) is 0 Å². The van der Waals surface area contributed by atoms with Crippen molar-refractivity contribution in [2.24, 2.45) is 0 Å². The lowest BCUT2D eigenvalue weighted by Crippen LogP contribution is -2.33. The third-order valence-electron chi connectivity index (χ3n) is 4.97. The van der Waals surface area contributed by atoms with Crippen molar-refractivity contribution in [3.05, 3.63) is 69.9 Å². The van der Waals surface area contributed by atoms with Crippen LogP contribution in [-0.4, -0.2) is 24.4 Å². The molecule has 0 aliphatic carbocycles. The van der Waals surface area contributed by atoms with Crippen LogP contribution in [0.25, 0.3) is 0 Å². The van der Waals surface area contributed by atoms with Gasteiger partial charge in [0.15, 0.2) is 0 Å². The Kier molecular flexibility index (Phi) is 6.57. The van der Waals surface area contributed by atoms with E-state index in [1.807, 2.05) is 26.8 Å². The molecular weight excluding hydrogens is 404 g/mol. The number of aryl methyl sites for hydroxylation is 1. The summed E-state index contributed by atoms with van der Waals surface area (Å²) < 4.78 is 5.18. The Morgan fingerprint density at radius 3 is 2.43 bits per heavy atom. The number of benzene rings is 2. The van der Waals surface area contributed by atoms with Gasteiger partial charge in [-0.25, -0.2) is 9.69 Å². The Bertz CT molecular complexity index is 1030. The number of rotatable bonds is 7. The van der Waals surface area contributed by atoms with Crippen LogP contribution in [0.15, 0.2) is 53.2 Å². The Labute approximate surface area is 180 Å². The van der Waals surface area contributed by atoms with Gasteiger partial charge in [0.05, 0.1) is 17.9 Å². The summed E-state index contributed by atoms with van der Waals surface area (Å²) in [6.45, 7) is 6.16. The molecule has 0 saturated carbocycles. The molecule has 3 rings (SSSR count). The van der Waals surface area contributed by atoms with Gasteiger partial charge in [-0.3, -0.25) is 9.59 Å². The molecule has 1 heterocycles.